The normalized spacial score (nSPS) is 12.0. The summed E-state index contributed by atoms with van der Waals surface area (Å²) in [6.45, 7) is 11.3. The van der Waals surface area contributed by atoms with Gasteiger partial charge in [-0.25, -0.2) is 9.59 Å². The number of hydrogen-bond acceptors (Lipinski definition) is 4. The van der Waals surface area contributed by atoms with Gasteiger partial charge in [-0.15, -0.1) is 0 Å². The van der Waals surface area contributed by atoms with Crippen LogP contribution >= 0.6 is 0 Å². The molecule has 1 atom stereocenters. The molecule has 0 aromatic rings. The van der Waals surface area contributed by atoms with Gasteiger partial charge >= 0.3 is 11.9 Å². The Morgan fingerprint density at radius 2 is 1.68 bits per heavy atom. The fourth-order valence-corrected chi connectivity index (χ4v) is 3.98. The minimum Gasteiger partial charge on any atom is -0.458 e. The molecule has 128 valence electrons. The van der Waals surface area contributed by atoms with Gasteiger partial charge in [0.1, 0.15) is 24.2 Å². The van der Waals surface area contributed by atoms with Gasteiger partial charge in [0, 0.05) is 5.57 Å². The van der Waals surface area contributed by atoms with Crippen LogP contribution in [0.25, 0.3) is 0 Å². The molecule has 0 aliphatic carbocycles. The first-order valence-corrected chi connectivity index (χ1v) is 9.80. The second-order valence-corrected chi connectivity index (χ2v) is 7.88. The molecule has 0 bridgehead atoms. The SMILES string of the molecule is C=C(C)C(=O)OC(C)COC(=O)C[S+](CCCC)CCCC. The van der Waals surface area contributed by atoms with E-state index >= 15 is 0 Å². The maximum atomic E-state index is 11.9. The minimum atomic E-state index is -0.450. The van der Waals surface area contributed by atoms with Crippen LogP contribution in [0.2, 0.25) is 0 Å². The third kappa shape index (κ3) is 10.7. The molecule has 0 saturated heterocycles. The van der Waals surface area contributed by atoms with E-state index in [9.17, 15) is 9.59 Å². The Bertz CT molecular complexity index is 347. The van der Waals surface area contributed by atoms with Crippen LogP contribution in [-0.2, 0) is 30.0 Å². The van der Waals surface area contributed by atoms with Crippen LogP contribution in [0.5, 0.6) is 0 Å². The van der Waals surface area contributed by atoms with Crippen molar-refractivity contribution in [2.45, 2.75) is 59.5 Å². The smallest absolute Gasteiger partial charge is 0.356 e. The maximum Gasteiger partial charge on any atom is 0.356 e. The summed E-state index contributed by atoms with van der Waals surface area (Å²) in [6.07, 6.45) is 4.18. The zero-order valence-electron chi connectivity index (χ0n) is 14.5. The monoisotopic (exact) mass is 331 g/mol. The van der Waals surface area contributed by atoms with Gasteiger partial charge in [-0.3, -0.25) is 0 Å². The number of carbonyl (C=O) groups is 2. The predicted molar refractivity (Wildman–Crippen MR) is 93.1 cm³/mol. The van der Waals surface area contributed by atoms with Gasteiger partial charge in [0.05, 0.1) is 0 Å². The van der Waals surface area contributed by atoms with Crippen molar-refractivity contribution in [2.24, 2.45) is 0 Å². The number of carbonyl (C=O) groups excluding carboxylic acids is 2. The predicted octanol–water partition coefficient (Wildman–Crippen LogP) is 3.26. The lowest BCUT2D eigenvalue weighted by Crippen LogP contribution is -2.28. The molecule has 0 fully saturated rings. The van der Waals surface area contributed by atoms with Crippen molar-refractivity contribution in [3.05, 3.63) is 12.2 Å². The van der Waals surface area contributed by atoms with Crippen LogP contribution in [0.1, 0.15) is 53.4 Å². The lowest BCUT2D eigenvalue weighted by atomic mass is 10.3. The number of unbranched alkanes of at least 4 members (excludes halogenated alkanes) is 2. The zero-order chi connectivity index (χ0) is 17.0. The summed E-state index contributed by atoms with van der Waals surface area (Å²) in [5.41, 5.74) is 0.346. The first-order chi connectivity index (χ1) is 10.4. The fraction of sp³-hybridized carbons (Fsp3) is 0.765. The summed E-state index contributed by atoms with van der Waals surface area (Å²) in [5, 5.41) is 0. The van der Waals surface area contributed by atoms with Crippen molar-refractivity contribution in [3.8, 4) is 0 Å². The lowest BCUT2D eigenvalue weighted by molar-refractivity contribution is -0.153. The van der Waals surface area contributed by atoms with Crippen LogP contribution < -0.4 is 0 Å². The lowest BCUT2D eigenvalue weighted by Gasteiger charge is -2.14. The number of esters is 2. The van der Waals surface area contributed by atoms with Crippen LogP contribution in [0.4, 0.5) is 0 Å². The molecule has 0 N–H and O–H groups in total. The first kappa shape index (κ1) is 21.0. The van der Waals surface area contributed by atoms with Gasteiger partial charge in [-0.2, -0.15) is 0 Å². The third-order valence-electron chi connectivity index (χ3n) is 3.03. The molecular weight excluding hydrogens is 300 g/mol. The van der Waals surface area contributed by atoms with Crippen molar-refractivity contribution in [1.29, 1.82) is 0 Å². The van der Waals surface area contributed by atoms with E-state index in [-0.39, 0.29) is 23.5 Å². The average molecular weight is 331 g/mol. The van der Waals surface area contributed by atoms with E-state index in [2.05, 4.69) is 20.4 Å². The summed E-state index contributed by atoms with van der Waals surface area (Å²) >= 11 is 0. The molecular formula is C17H31O4S+. The van der Waals surface area contributed by atoms with Gasteiger partial charge in [0.25, 0.3) is 0 Å². The Kier molecular flexibility index (Phi) is 12.0. The van der Waals surface area contributed by atoms with Crippen LogP contribution in [0, 0.1) is 0 Å². The van der Waals surface area contributed by atoms with E-state index in [0.717, 1.165) is 37.2 Å². The molecule has 22 heavy (non-hydrogen) atoms. The molecule has 0 heterocycles. The summed E-state index contributed by atoms with van der Waals surface area (Å²) in [6, 6.07) is 0. The highest BCUT2D eigenvalue weighted by atomic mass is 32.2. The fourth-order valence-electron chi connectivity index (χ4n) is 1.68. The molecule has 0 aliphatic heterocycles. The van der Waals surface area contributed by atoms with Gasteiger partial charge < -0.3 is 9.47 Å². The molecule has 0 aliphatic rings. The van der Waals surface area contributed by atoms with Gasteiger partial charge in [-0.1, -0.05) is 33.3 Å². The van der Waals surface area contributed by atoms with E-state index < -0.39 is 12.1 Å². The van der Waals surface area contributed by atoms with Gasteiger partial charge in [0.2, 0.25) is 5.75 Å². The molecule has 0 rings (SSSR count). The van der Waals surface area contributed by atoms with Crippen LogP contribution in [0.3, 0.4) is 0 Å². The summed E-state index contributed by atoms with van der Waals surface area (Å²) in [7, 11) is 0.116. The summed E-state index contributed by atoms with van der Waals surface area (Å²) in [4.78, 5) is 23.3. The summed E-state index contributed by atoms with van der Waals surface area (Å²) in [5.74, 6) is 2.06. The van der Waals surface area contributed by atoms with Crippen molar-refractivity contribution in [3.63, 3.8) is 0 Å². The number of ether oxygens (including phenoxy) is 2. The topological polar surface area (TPSA) is 52.6 Å². The zero-order valence-corrected chi connectivity index (χ0v) is 15.3. The molecule has 4 nitrogen and oxygen atoms in total. The average Bonchev–Trinajstić information content (AvgIpc) is 2.47. The Morgan fingerprint density at radius 3 is 2.14 bits per heavy atom. The van der Waals surface area contributed by atoms with Crippen molar-refractivity contribution >= 4 is 22.8 Å². The number of hydrogen-bond donors (Lipinski definition) is 0. The first-order valence-electron chi connectivity index (χ1n) is 8.06. The second kappa shape index (κ2) is 12.6. The quantitative estimate of drug-likeness (QED) is 0.313. The van der Waals surface area contributed by atoms with E-state index in [0.29, 0.717) is 11.3 Å². The molecule has 5 heteroatoms. The minimum absolute atomic E-state index is 0.108. The Morgan fingerprint density at radius 1 is 1.14 bits per heavy atom. The van der Waals surface area contributed by atoms with Crippen LogP contribution in [-0.4, -0.2) is 41.9 Å². The van der Waals surface area contributed by atoms with Gasteiger partial charge in [-0.05, 0) is 37.6 Å². The molecule has 0 spiro atoms. The highest BCUT2D eigenvalue weighted by Gasteiger charge is 2.23. The Labute approximate surface area is 138 Å². The molecule has 0 saturated carbocycles. The van der Waals surface area contributed by atoms with Crippen molar-refractivity contribution < 1.29 is 19.1 Å². The molecule has 1 unspecified atom stereocenters. The van der Waals surface area contributed by atoms with E-state index in [1.54, 1.807) is 13.8 Å². The van der Waals surface area contributed by atoms with E-state index in [4.69, 9.17) is 9.47 Å². The van der Waals surface area contributed by atoms with Gasteiger partial charge in [0.15, 0.2) is 0 Å². The molecule has 0 radical (unpaired) electrons. The van der Waals surface area contributed by atoms with Crippen molar-refractivity contribution in [1.82, 2.24) is 0 Å². The highest BCUT2D eigenvalue weighted by molar-refractivity contribution is 7.97. The molecule has 0 amide bonds. The van der Waals surface area contributed by atoms with E-state index in [1.807, 2.05) is 0 Å². The highest BCUT2D eigenvalue weighted by Crippen LogP contribution is 2.07. The molecule has 0 aromatic heterocycles. The Hall–Kier alpha value is -0.970. The molecule has 0 aromatic carbocycles. The maximum absolute atomic E-state index is 11.9. The summed E-state index contributed by atoms with van der Waals surface area (Å²) < 4.78 is 10.3. The van der Waals surface area contributed by atoms with Crippen LogP contribution in [0.15, 0.2) is 12.2 Å². The van der Waals surface area contributed by atoms with Crippen molar-refractivity contribution in [2.75, 3.05) is 23.9 Å². The number of rotatable bonds is 12. The standard InChI is InChI=1S/C17H31O4S/c1-6-8-10-22(11-9-7-2)13-16(18)20-12-15(5)21-17(19)14(3)4/h15H,3,6-13H2,1-2,4-5H3/q+1. The second-order valence-electron chi connectivity index (χ2n) is 5.55. The Balaban J connectivity index is 4.10. The largest absolute Gasteiger partial charge is 0.458 e. The third-order valence-corrected chi connectivity index (χ3v) is 5.41. The van der Waals surface area contributed by atoms with E-state index in [1.165, 1.54) is 0 Å².